The second-order valence-electron chi connectivity index (χ2n) is 3.68. The molecule has 0 unspecified atom stereocenters. The Balaban J connectivity index is 2.26. The minimum atomic E-state index is -0.230. The van der Waals surface area contributed by atoms with E-state index in [4.69, 9.17) is 18.0 Å². The van der Waals surface area contributed by atoms with E-state index in [-0.39, 0.29) is 10.9 Å². The lowest BCUT2D eigenvalue weighted by Gasteiger charge is -2.08. The molecule has 4 N–H and O–H groups in total. The van der Waals surface area contributed by atoms with Crippen LogP contribution in [-0.2, 0) is 0 Å². The molecule has 0 aliphatic heterocycles. The van der Waals surface area contributed by atoms with Crippen molar-refractivity contribution in [1.82, 2.24) is 10.2 Å². The van der Waals surface area contributed by atoms with E-state index in [9.17, 15) is 4.79 Å². The smallest absolute Gasteiger partial charge is 0.257 e. The lowest BCUT2D eigenvalue weighted by atomic mass is 10.2. The largest absolute Gasteiger partial charge is 0.389 e. The summed E-state index contributed by atoms with van der Waals surface area (Å²) in [6.45, 7) is 0. The number of H-pyrrole nitrogens is 1. The van der Waals surface area contributed by atoms with Gasteiger partial charge in [-0.05, 0) is 18.4 Å². The van der Waals surface area contributed by atoms with Crippen LogP contribution in [0.4, 0.5) is 5.82 Å². The molecule has 2 aromatic rings. The highest BCUT2D eigenvalue weighted by Crippen LogP contribution is 2.21. The summed E-state index contributed by atoms with van der Waals surface area (Å²) in [5, 5.41) is 9.21. The topological polar surface area (TPSA) is 83.8 Å². The molecular weight excluding hydrogens is 280 g/mol. The van der Waals surface area contributed by atoms with E-state index in [1.165, 1.54) is 18.0 Å². The predicted octanol–water partition coefficient (Wildman–Crippen LogP) is 2.02. The second-order valence-corrected chi connectivity index (χ2v) is 4.97. The van der Waals surface area contributed by atoms with Crippen molar-refractivity contribution in [3.63, 3.8) is 0 Å². The Hall–Kier alpha value is -1.86. The maximum Gasteiger partial charge on any atom is 0.257 e. The van der Waals surface area contributed by atoms with Crippen molar-refractivity contribution in [3.05, 3.63) is 41.6 Å². The van der Waals surface area contributed by atoms with Gasteiger partial charge in [-0.2, -0.15) is 5.10 Å². The molecule has 5 nitrogen and oxygen atoms in total. The third-order valence-electron chi connectivity index (χ3n) is 2.49. The van der Waals surface area contributed by atoms with Gasteiger partial charge in [0.1, 0.15) is 10.8 Å². The van der Waals surface area contributed by atoms with Gasteiger partial charge in [0.15, 0.2) is 0 Å². The first-order valence-corrected chi connectivity index (χ1v) is 7.04. The van der Waals surface area contributed by atoms with E-state index in [2.05, 4.69) is 15.5 Å². The number of nitrogens with zero attached hydrogens (tertiary/aromatic N) is 1. The van der Waals surface area contributed by atoms with E-state index in [1.807, 2.05) is 24.5 Å². The molecule has 2 rings (SSSR count). The van der Waals surface area contributed by atoms with Crippen LogP contribution < -0.4 is 11.1 Å². The highest BCUT2D eigenvalue weighted by molar-refractivity contribution is 7.98. The molecule has 1 amide bonds. The molecule has 0 saturated carbocycles. The predicted molar refractivity (Wildman–Crippen MR) is 80.7 cm³/mol. The van der Waals surface area contributed by atoms with E-state index in [1.54, 1.807) is 6.07 Å². The van der Waals surface area contributed by atoms with Crippen LogP contribution in [0.3, 0.4) is 0 Å². The number of nitrogens with two attached hydrogens (primary N) is 1. The highest BCUT2D eigenvalue weighted by Gasteiger charge is 2.14. The quantitative estimate of drug-likeness (QED) is 0.593. The van der Waals surface area contributed by atoms with Crippen molar-refractivity contribution < 1.29 is 4.79 Å². The summed E-state index contributed by atoms with van der Waals surface area (Å²) in [5.74, 6) is 0.181. The van der Waals surface area contributed by atoms with E-state index in [0.717, 1.165) is 4.90 Å². The number of hydrogen-bond acceptors (Lipinski definition) is 4. The van der Waals surface area contributed by atoms with Gasteiger partial charge >= 0.3 is 0 Å². The molecule has 7 heteroatoms. The Labute approximate surface area is 120 Å². The van der Waals surface area contributed by atoms with Gasteiger partial charge in [-0.1, -0.05) is 24.4 Å². The van der Waals surface area contributed by atoms with Gasteiger partial charge in [0.2, 0.25) is 0 Å². The summed E-state index contributed by atoms with van der Waals surface area (Å²) in [4.78, 5) is 13.3. The zero-order valence-corrected chi connectivity index (χ0v) is 11.8. The summed E-state index contributed by atoms with van der Waals surface area (Å²) < 4.78 is 0. The number of carbonyl (C=O) groups is 1. The van der Waals surface area contributed by atoms with Gasteiger partial charge in [-0.15, -0.1) is 11.8 Å². The van der Waals surface area contributed by atoms with Crippen molar-refractivity contribution in [1.29, 1.82) is 0 Å². The van der Waals surface area contributed by atoms with Crippen LogP contribution in [0.25, 0.3) is 0 Å². The normalized spacial score (nSPS) is 10.2. The fourth-order valence-corrected chi connectivity index (χ4v) is 2.33. The Morgan fingerprint density at radius 1 is 1.42 bits per heavy atom. The number of benzene rings is 1. The number of thioether (sulfide) groups is 1. The number of aromatic amines is 1. The fraction of sp³-hybridized carbons (Fsp3) is 0.0833. The van der Waals surface area contributed by atoms with Gasteiger partial charge in [-0.25, -0.2) is 0 Å². The van der Waals surface area contributed by atoms with Gasteiger partial charge in [0, 0.05) is 4.90 Å². The van der Waals surface area contributed by atoms with Gasteiger partial charge in [0.25, 0.3) is 5.91 Å². The standard InChI is InChI=1S/C12H12N4OS2/c1-19-9-5-3-2-4-7(9)12(17)15-11-8(10(13)18)6-14-16-11/h2-6H,1H3,(H2,13,18)(H2,14,15,16,17). The number of rotatable bonds is 4. The molecule has 0 atom stereocenters. The van der Waals surface area contributed by atoms with E-state index >= 15 is 0 Å². The number of hydrogen-bond donors (Lipinski definition) is 3. The van der Waals surface area contributed by atoms with Crippen LogP contribution in [0.1, 0.15) is 15.9 Å². The Morgan fingerprint density at radius 3 is 2.84 bits per heavy atom. The minimum absolute atomic E-state index is 0.183. The first-order chi connectivity index (χ1) is 9.13. The van der Waals surface area contributed by atoms with Crippen molar-refractivity contribution >= 4 is 40.7 Å². The van der Waals surface area contributed by atoms with Crippen LogP contribution in [0, 0.1) is 0 Å². The van der Waals surface area contributed by atoms with E-state index in [0.29, 0.717) is 16.9 Å². The Bertz CT molecular complexity index is 624. The molecule has 0 aliphatic carbocycles. The number of anilines is 1. The first-order valence-electron chi connectivity index (χ1n) is 5.41. The third-order valence-corrected chi connectivity index (χ3v) is 3.51. The summed E-state index contributed by atoms with van der Waals surface area (Å²) >= 11 is 6.39. The monoisotopic (exact) mass is 292 g/mol. The van der Waals surface area contributed by atoms with E-state index < -0.39 is 0 Å². The lowest BCUT2D eigenvalue weighted by Crippen LogP contribution is -2.17. The molecule has 0 aliphatic rings. The Morgan fingerprint density at radius 2 is 2.16 bits per heavy atom. The molecule has 0 radical (unpaired) electrons. The number of aromatic nitrogens is 2. The summed E-state index contributed by atoms with van der Waals surface area (Å²) in [6.07, 6.45) is 3.40. The minimum Gasteiger partial charge on any atom is -0.389 e. The second kappa shape index (κ2) is 5.85. The fourth-order valence-electron chi connectivity index (χ4n) is 1.58. The SMILES string of the molecule is CSc1ccccc1C(=O)Nc1[nH]ncc1C(N)=S. The molecule has 98 valence electrons. The maximum atomic E-state index is 12.2. The maximum absolute atomic E-state index is 12.2. The molecule has 19 heavy (non-hydrogen) atoms. The van der Waals surface area contributed by atoms with Gasteiger partial charge < -0.3 is 11.1 Å². The van der Waals surface area contributed by atoms with Crippen LogP contribution in [0.15, 0.2) is 35.4 Å². The number of carbonyl (C=O) groups excluding carboxylic acids is 1. The first kappa shape index (κ1) is 13.6. The average molecular weight is 292 g/mol. The molecule has 1 aromatic heterocycles. The molecule has 1 aromatic carbocycles. The average Bonchev–Trinajstić information content (AvgIpc) is 2.87. The zero-order valence-electron chi connectivity index (χ0n) is 10.1. The number of nitrogens with one attached hydrogen (secondary N) is 2. The van der Waals surface area contributed by atoms with Crippen LogP contribution in [-0.4, -0.2) is 27.3 Å². The van der Waals surface area contributed by atoms with Crippen LogP contribution >= 0.6 is 24.0 Å². The van der Waals surface area contributed by atoms with Crippen molar-refractivity contribution in [2.45, 2.75) is 4.90 Å². The third kappa shape index (κ3) is 2.94. The van der Waals surface area contributed by atoms with Gasteiger partial charge in [-0.3, -0.25) is 9.89 Å². The molecule has 0 fully saturated rings. The molecule has 1 heterocycles. The summed E-state index contributed by atoms with van der Waals surface area (Å²) in [5.41, 5.74) is 6.66. The van der Waals surface area contributed by atoms with Crippen molar-refractivity contribution in [2.75, 3.05) is 11.6 Å². The summed E-state index contributed by atoms with van der Waals surface area (Å²) in [7, 11) is 0. The van der Waals surface area contributed by atoms with Crippen molar-refractivity contribution in [2.24, 2.45) is 5.73 Å². The van der Waals surface area contributed by atoms with Crippen LogP contribution in [0.2, 0.25) is 0 Å². The molecule has 0 saturated heterocycles. The van der Waals surface area contributed by atoms with Gasteiger partial charge in [0.05, 0.1) is 17.3 Å². The molecule has 0 bridgehead atoms. The molecule has 0 spiro atoms. The summed E-state index contributed by atoms with van der Waals surface area (Å²) in [6, 6.07) is 7.36. The molecular formula is C12H12N4OS2. The van der Waals surface area contributed by atoms with Crippen molar-refractivity contribution in [3.8, 4) is 0 Å². The zero-order chi connectivity index (χ0) is 13.8. The van der Waals surface area contributed by atoms with Crippen LogP contribution in [0.5, 0.6) is 0 Å². The highest BCUT2D eigenvalue weighted by atomic mass is 32.2. The Kier molecular flexibility index (Phi) is 4.18. The number of amides is 1. The lowest BCUT2D eigenvalue weighted by molar-refractivity contribution is 0.102. The number of thiocarbonyl (C=S) groups is 1.